The summed E-state index contributed by atoms with van der Waals surface area (Å²) < 4.78 is 2.06. The second kappa shape index (κ2) is 6.13. The topological polar surface area (TPSA) is 80.0 Å². The first-order chi connectivity index (χ1) is 9.72. The molecule has 2 aliphatic carbocycles. The summed E-state index contributed by atoms with van der Waals surface area (Å²) >= 11 is 1.44. The minimum atomic E-state index is -0.177. The van der Waals surface area contributed by atoms with Crippen LogP contribution in [-0.4, -0.2) is 44.2 Å². The van der Waals surface area contributed by atoms with Gasteiger partial charge in [-0.05, 0) is 38.0 Å². The van der Waals surface area contributed by atoms with Crippen LogP contribution in [0.2, 0.25) is 0 Å². The molecule has 6 nitrogen and oxygen atoms in total. The molecule has 0 bridgehead atoms. The molecule has 2 aliphatic rings. The van der Waals surface area contributed by atoms with Gasteiger partial charge in [0.05, 0.1) is 11.9 Å². The van der Waals surface area contributed by atoms with Crippen LogP contribution < -0.4 is 5.32 Å². The average Bonchev–Trinajstić information content (AvgIpc) is 3.03. The largest absolute Gasteiger partial charge is 0.393 e. The van der Waals surface area contributed by atoms with E-state index in [2.05, 4.69) is 20.1 Å². The van der Waals surface area contributed by atoms with Gasteiger partial charge in [0.25, 0.3) is 0 Å². The van der Waals surface area contributed by atoms with Gasteiger partial charge in [0.15, 0.2) is 5.16 Å². The fraction of sp³-hybridized carbons (Fsp3) is 0.769. The maximum atomic E-state index is 11.8. The monoisotopic (exact) mass is 296 g/mol. The molecule has 1 aromatic rings. The molecule has 2 atom stereocenters. The summed E-state index contributed by atoms with van der Waals surface area (Å²) in [4.78, 5) is 11.8. The van der Waals surface area contributed by atoms with E-state index < -0.39 is 0 Å². The molecule has 0 aromatic carbocycles. The van der Waals surface area contributed by atoms with Gasteiger partial charge in [-0.15, -0.1) is 10.2 Å². The normalized spacial score (nSPS) is 25.9. The van der Waals surface area contributed by atoms with Crippen LogP contribution in [-0.2, 0) is 4.79 Å². The quantitative estimate of drug-likeness (QED) is 0.765. The third-order valence-corrected chi connectivity index (χ3v) is 4.87. The van der Waals surface area contributed by atoms with Crippen LogP contribution in [0, 0.1) is 5.92 Å². The van der Waals surface area contributed by atoms with E-state index in [9.17, 15) is 9.90 Å². The van der Waals surface area contributed by atoms with E-state index >= 15 is 0 Å². The zero-order chi connectivity index (χ0) is 13.9. The van der Waals surface area contributed by atoms with Gasteiger partial charge >= 0.3 is 0 Å². The van der Waals surface area contributed by atoms with Crippen LogP contribution in [0.5, 0.6) is 0 Å². The van der Waals surface area contributed by atoms with Gasteiger partial charge in [0.1, 0.15) is 6.33 Å². The lowest BCUT2D eigenvalue weighted by Crippen LogP contribution is -2.30. The number of nitrogens with zero attached hydrogens (tertiary/aromatic N) is 3. The first kappa shape index (κ1) is 13.9. The van der Waals surface area contributed by atoms with E-state index in [1.54, 1.807) is 6.33 Å². The molecule has 20 heavy (non-hydrogen) atoms. The minimum Gasteiger partial charge on any atom is -0.393 e. The SMILES string of the molecule is O=C(CSc1nncn1C1CC1)NCC1CCC(O)C1. The highest BCUT2D eigenvalue weighted by molar-refractivity contribution is 7.99. The predicted molar refractivity (Wildman–Crippen MR) is 75.4 cm³/mol. The van der Waals surface area contributed by atoms with Gasteiger partial charge in [-0.2, -0.15) is 0 Å². The smallest absolute Gasteiger partial charge is 0.230 e. The molecule has 2 fully saturated rings. The number of hydrogen-bond acceptors (Lipinski definition) is 5. The molecule has 0 spiro atoms. The van der Waals surface area contributed by atoms with E-state index in [0.717, 1.165) is 24.4 Å². The molecule has 1 aromatic heterocycles. The van der Waals surface area contributed by atoms with E-state index in [0.29, 0.717) is 24.3 Å². The van der Waals surface area contributed by atoms with Gasteiger partial charge in [-0.25, -0.2) is 0 Å². The summed E-state index contributed by atoms with van der Waals surface area (Å²) in [6.45, 7) is 0.672. The van der Waals surface area contributed by atoms with Crippen LogP contribution in [0.15, 0.2) is 11.5 Å². The van der Waals surface area contributed by atoms with Crippen molar-refractivity contribution in [1.82, 2.24) is 20.1 Å². The van der Waals surface area contributed by atoms with Crippen molar-refractivity contribution >= 4 is 17.7 Å². The Morgan fingerprint density at radius 3 is 3.00 bits per heavy atom. The summed E-state index contributed by atoms with van der Waals surface area (Å²) in [6.07, 6.45) is 6.61. The Kier molecular flexibility index (Phi) is 4.26. The number of hydrogen-bond donors (Lipinski definition) is 2. The zero-order valence-electron chi connectivity index (χ0n) is 11.4. The van der Waals surface area contributed by atoms with Crippen molar-refractivity contribution < 1.29 is 9.90 Å². The summed E-state index contributed by atoms with van der Waals surface area (Å²) in [6, 6.07) is 0.538. The summed E-state index contributed by atoms with van der Waals surface area (Å²) in [7, 11) is 0. The van der Waals surface area contributed by atoms with Crippen LogP contribution in [0.3, 0.4) is 0 Å². The van der Waals surface area contributed by atoms with Crippen molar-refractivity contribution in [2.24, 2.45) is 5.92 Å². The highest BCUT2D eigenvalue weighted by Crippen LogP contribution is 2.37. The van der Waals surface area contributed by atoms with E-state index in [1.165, 1.54) is 24.6 Å². The fourth-order valence-electron chi connectivity index (χ4n) is 2.61. The number of amides is 1. The van der Waals surface area contributed by atoms with Gasteiger partial charge in [-0.1, -0.05) is 11.8 Å². The highest BCUT2D eigenvalue weighted by Gasteiger charge is 2.26. The number of carbonyl (C=O) groups is 1. The van der Waals surface area contributed by atoms with Crippen LogP contribution in [0.1, 0.15) is 38.1 Å². The molecule has 1 heterocycles. The van der Waals surface area contributed by atoms with Gasteiger partial charge in [-0.3, -0.25) is 4.79 Å². The second-order valence-corrected chi connectivity index (χ2v) is 6.62. The van der Waals surface area contributed by atoms with E-state index in [4.69, 9.17) is 0 Å². The number of carbonyl (C=O) groups excluding carboxylic acids is 1. The molecule has 7 heteroatoms. The van der Waals surface area contributed by atoms with Crippen molar-refractivity contribution in [2.75, 3.05) is 12.3 Å². The Morgan fingerprint density at radius 1 is 1.45 bits per heavy atom. The number of aliphatic hydroxyl groups is 1. The summed E-state index contributed by atoms with van der Waals surface area (Å²) in [5, 5.41) is 21.2. The van der Waals surface area contributed by atoms with Gasteiger partial charge in [0, 0.05) is 12.6 Å². The summed E-state index contributed by atoms with van der Waals surface area (Å²) in [5.41, 5.74) is 0. The molecule has 3 rings (SSSR count). The lowest BCUT2D eigenvalue weighted by atomic mass is 10.1. The Bertz CT molecular complexity index is 475. The standard InChI is InChI=1S/C13H20N4O2S/c18-11-4-1-9(5-11)6-14-12(19)7-20-13-16-15-8-17(13)10-2-3-10/h8-11,18H,1-7H2,(H,14,19). The predicted octanol–water partition coefficient (Wildman–Crippen LogP) is 0.982. The number of thioether (sulfide) groups is 1. The van der Waals surface area contributed by atoms with Crippen molar-refractivity contribution in [1.29, 1.82) is 0 Å². The van der Waals surface area contributed by atoms with Crippen molar-refractivity contribution in [2.45, 2.75) is 49.4 Å². The van der Waals surface area contributed by atoms with Crippen LogP contribution in [0.25, 0.3) is 0 Å². The maximum absolute atomic E-state index is 11.8. The Balaban J connectivity index is 1.39. The third kappa shape index (κ3) is 3.52. The second-order valence-electron chi connectivity index (χ2n) is 5.68. The molecule has 0 aliphatic heterocycles. The van der Waals surface area contributed by atoms with Crippen LogP contribution >= 0.6 is 11.8 Å². The van der Waals surface area contributed by atoms with E-state index in [-0.39, 0.29) is 12.0 Å². The number of aliphatic hydroxyl groups excluding tert-OH is 1. The zero-order valence-corrected chi connectivity index (χ0v) is 12.2. The first-order valence-electron chi connectivity index (χ1n) is 7.19. The lowest BCUT2D eigenvalue weighted by molar-refractivity contribution is -0.118. The molecule has 2 N–H and O–H groups in total. The van der Waals surface area contributed by atoms with Gasteiger partial charge < -0.3 is 15.0 Å². The molecule has 2 unspecified atom stereocenters. The lowest BCUT2D eigenvalue weighted by Gasteiger charge is -2.10. The average molecular weight is 296 g/mol. The Labute approximate surface area is 122 Å². The molecule has 0 saturated heterocycles. The summed E-state index contributed by atoms with van der Waals surface area (Å²) in [5.74, 6) is 0.830. The van der Waals surface area contributed by atoms with E-state index in [1.807, 2.05) is 0 Å². The molecule has 2 saturated carbocycles. The maximum Gasteiger partial charge on any atom is 0.230 e. The molecule has 0 radical (unpaired) electrons. The number of nitrogens with one attached hydrogen (secondary N) is 1. The molecule has 110 valence electrons. The van der Waals surface area contributed by atoms with Gasteiger partial charge in [0.2, 0.25) is 5.91 Å². The first-order valence-corrected chi connectivity index (χ1v) is 8.18. The highest BCUT2D eigenvalue weighted by atomic mass is 32.2. The number of rotatable bonds is 6. The van der Waals surface area contributed by atoms with Crippen molar-refractivity contribution in [3.63, 3.8) is 0 Å². The fourth-order valence-corrected chi connectivity index (χ4v) is 3.42. The van der Waals surface area contributed by atoms with Crippen molar-refractivity contribution in [3.8, 4) is 0 Å². The Hall–Kier alpha value is -1.08. The molecular formula is C13H20N4O2S. The molecular weight excluding hydrogens is 276 g/mol. The van der Waals surface area contributed by atoms with Crippen molar-refractivity contribution in [3.05, 3.63) is 6.33 Å². The Morgan fingerprint density at radius 2 is 2.30 bits per heavy atom. The molecule has 1 amide bonds. The minimum absolute atomic E-state index is 0.0294. The van der Waals surface area contributed by atoms with Crippen LogP contribution in [0.4, 0.5) is 0 Å². The third-order valence-electron chi connectivity index (χ3n) is 3.91. The number of aromatic nitrogens is 3.